The second-order valence-electron chi connectivity index (χ2n) is 5.74. The minimum Gasteiger partial charge on any atom is -0.393 e. The van der Waals surface area contributed by atoms with Gasteiger partial charge in [-0.25, -0.2) is 0 Å². The van der Waals surface area contributed by atoms with Crippen molar-refractivity contribution >= 4 is 5.69 Å². The van der Waals surface area contributed by atoms with Crippen LogP contribution in [0.15, 0.2) is 24.3 Å². The summed E-state index contributed by atoms with van der Waals surface area (Å²) in [5, 5.41) is 12.9. The molecular formula is C17H28N2O. The van der Waals surface area contributed by atoms with E-state index in [1.165, 1.54) is 43.6 Å². The summed E-state index contributed by atoms with van der Waals surface area (Å²) in [5.41, 5.74) is 2.67. The third-order valence-corrected chi connectivity index (χ3v) is 4.11. The number of anilines is 1. The van der Waals surface area contributed by atoms with Gasteiger partial charge in [-0.3, -0.25) is 0 Å². The normalized spacial score (nSPS) is 17.2. The summed E-state index contributed by atoms with van der Waals surface area (Å²) in [5.74, 6) is 0. The first-order valence-electron chi connectivity index (χ1n) is 8.02. The second kappa shape index (κ2) is 8.28. The number of aliphatic hydroxyl groups is 1. The van der Waals surface area contributed by atoms with Gasteiger partial charge in [0.15, 0.2) is 0 Å². The molecule has 1 aromatic rings. The van der Waals surface area contributed by atoms with Crippen molar-refractivity contribution in [2.24, 2.45) is 0 Å². The van der Waals surface area contributed by atoms with Crippen LogP contribution >= 0.6 is 0 Å². The molecule has 20 heavy (non-hydrogen) atoms. The third-order valence-electron chi connectivity index (χ3n) is 4.11. The van der Waals surface area contributed by atoms with E-state index in [4.69, 9.17) is 0 Å². The van der Waals surface area contributed by atoms with Gasteiger partial charge in [0.25, 0.3) is 0 Å². The Bertz CT molecular complexity index is 371. The van der Waals surface area contributed by atoms with Crippen LogP contribution in [-0.2, 0) is 6.54 Å². The number of aliphatic hydroxyl groups excluding tert-OH is 1. The molecule has 0 aliphatic carbocycles. The van der Waals surface area contributed by atoms with Crippen LogP contribution in [0.4, 0.5) is 5.69 Å². The first-order valence-corrected chi connectivity index (χ1v) is 8.02. The fraction of sp³-hybridized carbons (Fsp3) is 0.647. The number of nitrogens with zero attached hydrogens (tertiary/aromatic N) is 1. The van der Waals surface area contributed by atoms with Crippen LogP contribution in [0.2, 0.25) is 0 Å². The van der Waals surface area contributed by atoms with E-state index in [0.717, 1.165) is 25.9 Å². The monoisotopic (exact) mass is 276 g/mol. The Morgan fingerprint density at radius 3 is 2.50 bits per heavy atom. The van der Waals surface area contributed by atoms with E-state index in [1.54, 1.807) is 0 Å². The van der Waals surface area contributed by atoms with Crippen LogP contribution < -0.4 is 10.2 Å². The molecule has 3 nitrogen and oxygen atoms in total. The second-order valence-corrected chi connectivity index (χ2v) is 5.74. The molecule has 2 rings (SSSR count). The lowest BCUT2D eigenvalue weighted by Gasteiger charge is -2.28. The van der Waals surface area contributed by atoms with Crippen LogP contribution in [0.1, 0.15) is 44.6 Å². The van der Waals surface area contributed by atoms with Gasteiger partial charge in [0.05, 0.1) is 6.10 Å². The third kappa shape index (κ3) is 4.80. The molecule has 1 saturated heterocycles. The molecule has 1 aromatic carbocycles. The molecule has 1 aliphatic rings. The number of benzene rings is 1. The lowest BCUT2D eigenvalue weighted by molar-refractivity contribution is 0.159. The first-order chi connectivity index (χ1) is 9.79. The van der Waals surface area contributed by atoms with E-state index in [1.807, 2.05) is 6.92 Å². The largest absolute Gasteiger partial charge is 0.393 e. The summed E-state index contributed by atoms with van der Waals surface area (Å²) in [7, 11) is 0. The SMILES string of the molecule is CCC(O)CCNCc1ccc(N2CCCCC2)cc1. The highest BCUT2D eigenvalue weighted by molar-refractivity contribution is 5.47. The first kappa shape index (κ1) is 15.3. The maximum Gasteiger partial charge on any atom is 0.0549 e. The van der Waals surface area contributed by atoms with E-state index in [9.17, 15) is 5.11 Å². The van der Waals surface area contributed by atoms with Crippen molar-refractivity contribution in [1.29, 1.82) is 0 Å². The molecule has 1 fully saturated rings. The molecule has 0 amide bonds. The molecule has 112 valence electrons. The van der Waals surface area contributed by atoms with Crippen molar-refractivity contribution in [2.45, 2.75) is 51.7 Å². The summed E-state index contributed by atoms with van der Waals surface area (Å²) >= 11 is 0. The number of nitrogens with one attached hydrogen (secondary N) is 1. The van der Waals surface area contributed by atoms with Gasteiger partial charge < -0.3 is 15.3 Å². The molecule has 3 heteroatoms. The van der Waals surface area contributed by atoms with E-state index < -0.39 is 0 Å². The summed E-state index contributed by atoms with van der Waals surface area (Å²) in [6, 6.07) is 8.91. The van der Waals surface area contributed by atoms with Crippen LogP contribution in [0, 0.1) is 0 Å². The Hall–Kier alpha value is -1.06. The summed E-state index contributed by atoms with van der Waals surface area (Å²) in [4.78, 5) is 2.48. The molecule has 0 spiro atoms. The average Bonchev–Trinajstić information content (AvgIpc) is 2.52. The molecule has 1 atom stereocenters. The van der Waals surface area contributed by atoms with E-state index in [0.29, 0.717) is 0 Å². The summed E-state index contributed by atoms with van der Waals surface area (Å²) in [6.07, 6.45) is 5.53. The zero-order valence-electron chi connectivity index (χ0n) is 12.6. The maximum absolute atomic E-state index is 9.49. The van der Waals surface area contributed by atoms with Crippen molar-refractivity contribution in [3.63, 3.8) is 0 Å². The van der Waals surface area contributed by atoms with Crippen LogP contribution in [0.5, 0.6) is 0 Å². The Balaban J connectivity index is 1.73. The molecule has 2 N–H and O–H groups in total. The summed E-state index contributed by atoms with van der Waals surface area (Å²) < 4.78 is 0. The molecule has 0 bridgehead atoms. The number of piperidine rings is 1. The molecule has 1 heterocycles. The molecule has 0 saturated carbocycles. The number of rotatable bonds is 7. The molecule has 0 aromatic heterocycles. The van der Waals surface area contributed by atoms with Gasteiger partial charge in [0.1, 0.15) is 0 Å². The van der Waals surface area contributed by atoms with Gasteiger partial charge in [-0.1, -0.05) is 19.1 Å². The van der Waals surface area contributed by atoms with E-state index in [-0.39, 0.29) is 6.10 Å². The topological polar surface area (TPSA) is 35.5 Å². The number of hydrogen-bond acceptors (Lipinski definition) is 3. The van der Waals surface area contributed by atoms with Crippen molar-refractivity contribution < 1.29 is 5.11 Å². The zero-order valence-corrected chi connectivity index (χ0v) is 12.6. The lowest BCUT2D eigenvalue weighted by atomic mass is 10.1. The van der Waals surface area contributed by atoms with Crippen LogP contribution in [0.3, 0.4) is 0 Å². The maximum atomic E-state index is 9.49. The Morgan fingerprint density at radius 1 is 1.15 bits per heavy atom. The van der Waals surface area contributed by atoms with Crippen molar-refractivity contribution in [2.75, 3.05) is 24.5 Å². The van der Waals surface area contributed by atoms with E-state index >= 15 is 0 Å². The van der Waals surface area contributed by atoms with Crippen LogP contribution in [-0.4, -0.2) is 30.8 Å². The lowest BCUT2D eigenvalue weighted by Crippen LogP contribution is -2.29. The van der Waals surface area contributed by atoms with Gasteiger partial charge >= 0.3 is 0 Å². The minimum absolute atomic E-state index is 0.163. The van der Waals surface area contributed by atoms with E-state index in [2.05, 4.69) is 34.5 Å². The Morgan fingerprint density at radius 2 is 1.85 bits per heavy atom. The fourth-order valence-electron chi connectivity index (χ4n) is 2.68. The highest BCUT2D eigenvalue weighted by Crippen LogP contribution is 2.20. The number of hydrogen-bond donors (Lipinski definition) is 2. The zero-order chi connectivity index (χ0) is 14.2. The van der Waals surface area contributed by atoms with Gasteiger partial charge in [-0.05, 0) is 56.3 Å². The van der Waals surface area contributed by atoms with Crippen LogP contribution in [0.25, 0.3) is 0 Å². The van der Waals surface area contributed by atoms with Crippen molar-refractivity contribution in [3.05, 3.63) is 29.8 Å². The van der Waals surface area contributed by atoms with Gasteiger partial charge in [0.2, 0.25) is 0 Å². The molecule has 0 radical (unpaired) electrons. The smallest absolute Gasteiger partial charge is 0.0549 e. The minimum atomic E-state index is -0.163. The van der Waals surface area contributed by atoms with Gasteiger partial charge in [-0.2, -0.15) is 0 Å². The standard InChI is InChI=1S/C17H28N2O/c1-2-17(20)10-11-18-14-15-6-8-16(9-7-15)19-12-4-3-5-13-19/h6-9,17-18,20H,2-5,10-14H2,1H3. The molecular weight excluding hydrogens is 248 g/mol. The quantitative estimate of drug-likeness (QED) is 0.752. The average molecular weight is 276 g/mol. The fourth-order valence-corrected chi connectivity index (χ4v) is 2.68. The van der Waals surface area contributed by atoms with Gasteiger partial charge in [-0.15, -0.1) is 0 Å². The predicted molar refractivity (Wildman–Crippen MR) is 85.1 cm³/mol. The van der Waals surface area contributed by atoms with Gasteiger partial charge in [0, 0.05) is 25.3 Å². The molecule has 1 aliphatic heterocycles. The summed E-state index contributed by atoms with van der Waals surface area (Å²) in [6.45, 7) is 6.18. The Labute approximate surface area is 123 Å². The molecule has 1 unspecified atom stereocenters. The predicted octanol–water partition coefficient (Wildman–Crippen LogP) is 2.93. The highest BCUT2D eigenvalue weighted by atomic mass is 16.3. The highest BCUT2D eigenvalue weighted by Gasteiger charge is 2.10. The van der Waals surface area contributed by atoms with Crippen molar-refractivity contribution in [3.8, 4) is 0 Å². The Kier molecular flexibility index (Phi) is 6.34. The van der Waals surface area contributed by atoms with Crippen molar-refractivity contribution in [1.82, 2.24) is 5.32 Å².